The Hall–Kier alpha value is -2.66. The highest BCUT2D eigenvalue weighted by atomic mass is 16.3. The molecule has 0 aliphatic heterocycles. The molecule has 0 heterocycles. The molecule has 2 rings (SSSR count). The zero-order chi connectivity index (χ0) is 15.9. The maximum atomic E-state index is 12.0. The van der Waals surface area contributed by atoms with Crippen LogP contribution in [-0.4, -0.2) is 23.5 Å². The maximum Gasteiger partial charge on any atom is 0.251 e. The van der Waals surface area contributed by atoms with Crippen molar-refractivity contribution in [2.45, 2.75) is 13.0 Å². The smallest absolute Gasteiger partial charge is 0.251 e. The second-order valence-electron chi connectivity index (χ2n) is 4.92. The van der Waals surface area contributed by atoms with E-state index in [1.807, 2.05) is 24.3 Å². The predicted molar refractivity (Wildman–Crippen MR) is 83.4 cm³/mol. The molecular formula is C17H18N2O3. The molecule has 2 amide bonds. The zero-order valence-corrected chi connectivity index (χ0v) is 12.1. The highest BCUT2D eigenvalue weighted by Crippen LogP contribution is 2.06. The van der Waals surface area contributed by atoms with Gasteiger partial charge >= 0.3 is 0 Å². The Bertz CT molecular complexity index is 649. The van der Waals surface area contributed by atoms with E-state index in [1.54, 1.807) is 12.1 Å². The second-order valence-corrected chi connectivity index (χ2v) is 4.92. The number of rotatable bonds is 6. The van der Waals surface area contributed by atoms with Crippen molar-refractivity contribution in [3.05, 3.63) is 70.8 Å². The first-order valence-corrected chi connectivity index (χ1v) is 6.97. The van der Waals surface area contributed by atoms with Crippen molar-refractivity contribution in [1.82, 2.24) is 5.32 Å². The number of nitrogens with one attached hydrogen (secondary N) is 1. The van der Waals surface area contributed by atoms with Gasteiger partial charge < -0.3 is 16.2 Å². The molecule has 0 aliphatic rings. The Kier molecular flexibility index (Phi) is 5.27. The zero-order valence-electron chi connectivity index (χ0n) is 12.1. The first-order valence-electron chi connectivity index (χ1n) is 6.97. The highest BCUT2D eigenvalue weighted by molar-refractivity contribution is 5.97. The Balaban J connectivity index is 1.85. The van der Waals surface area contributed by atoms with Crippen molar-refractivity contribution >= 4 is 11.8 Å². The standard InChI is InChI=1S/C17H18N2O3/c18-16(21)14-5-7-15(8-6-14)17(22)19-10-9-12-1-3-13(11-20)4-2-12/h1-8,20H,9-11H2,(H2,18,21)(H,19,22). The molecule has 0 radical (unpaired) electrons. The van der Waals surface area contributed by atoms with E-state index in [0.717, 1.165) is 11.1 Å². The number of hydrogen-bond donors (Lipinski definition) is 3. The molecule has 0 saturated carbocycles. The number of primary amides is 1. The summed E-state index contributed by atoms with van der Waals surface area (Å²) in [5.74, 6) is -0.707. The number of carbonyl (C=O) groups excluding carboxylic acids is 2. The van der Waals surface area contributed by atoms with Crippen molar-refractivity contribution in [3.63, 3.8) is 0 Å². The lowest BCUT2D eigenvalue weighted by Gasteiger charge is -2.06. The van der Waals surface area contributed by atoms with Gasteiger partial charge in [-0.2, -0.15) is 0 Å². The van der Waals surface area contributed by atoms with Crippen LogP contribution in [0.1, 0.15) is 31.8 Å². The molecule has 0 aromatic heterocycles. The molecule has 0 saturated heterocycles. The number of benzene rings is 2. The largest absolute Gasteiger partial charge is 0.392 e. The summed E-state index contributed by atoms with van der Waals surface area (Å²) in [6.07, 6.45) is 0.705. The summed E-state index contributed by atoms with van der Waals surface area (Å²) in [7, 11) is 0. The van der Waals surface area contributed by atoms with E-state index in [1.165, 1.54) is 12.1 Å². The van der Waals surface area contributed by atoms with E-state index >= 15 is 0 Å². The van der Waals surface area contributed by atoms with Crippen LogP contribution in [-0.2, 0) is 13.0 Å². The third-order valence-corrected chi connectivity index (χ3v) is 3.34. The SMILES string of the molecule is NC(=O)c1ccc(C(=O)NCCc2ccc(CO)cc2)cc1. The minimum absolute atomic E-state index is 0.0261. The summed E-state index contributed by atoms with van der Waals surface area (Å²) in [5, 5.41) is 11.8. The summed E-state index contributed by atoms with van der Waals surface area (Å²) in [4.78, 5) is 22.9. The molecule has 4 N–H and O–H groups in total. The average molecular weight is 298 g/mol. The number of carbonyl (C=O) groups is 2. The fourth-order valence-electron chi connectivity index (χ4n) is 2.02. The third kappa shape index (κ3) is 4.17. The van der Waals surface area contributed by atoms with Crippen molar-refractivity contribution in [2.24, 2.45) is 5.73 Å². The van der Waals surface area contributed by atoms with Gasteiger partial charge in [-0.1, -0.05) is 24.3 Å². The van der Waals surface area contributed by atoms with Gasteiger partial charge in [-0.3, -0.25) is 9.59 Å². The van der Waals surface area contributed by atoms with Crippen LogP contribution in [0.2, 0.25) is 0 Å². The third-order valence-electron chi connectivity index (χ3n) is 3.34. The fourth-order valence-corrected chi connectivity index (χ4v) is 2.02. The molecule has 0 bridgehead atoms. The van der Waals surface area contributed by atoms with Gasteiger partial charge in [0.2, 0.25) is 5.91 Å². The number of nitrogens with two attached hydrogens (primary N) is 1. The molecule has 0 unspecified atom stereocenters. The predicted octanol–water partition coefficient (Wildman–Crippen LogP) is 1.25. The molecule has 5 heteroatoms. The monoisotopic (exact) mass is 298 g/mol. The van der Waals surface area contributed by atoms with Crippen molar-refractivity contribution in [1.29, 1.82) is 0 Å². The first-order chi connectivity index (χ1) is 10.6. The lowest BCUT2D eigenvalue weighted by Crippen LogP contribution is -2.25. The minimum Gasteiger partial charge on any atom is -0.392 e. The average Bonchev–Trinajstić information content (AvgIpc) is 2.55. The fraction of sp³-hybridized carbons (Fsp3) is 0.176. The molecule has 0 atom stereocenters. The molecule has 5 nitrogen and oxygen atoms in total. The van der Waals surface area contributed by atoms with E-state index in [9.17, 15) is 9.59 Å². The number of hydrogen-bond acceptors (Lipinski definition) is 3. The molecule has 0 spiro atoms. The quantitative estimate of drug-likeness (QED) is 0.749. The van der Waals surface area contributed by atoms with Gasteiger partial charge in [0.05, 0.1) is 6.61 Å². The molecule has 2 aromatic carbocycles. The Morgan fingerprint density at radius 2 is 1.45 bits per heavy atom. The van der Waals surface area contributed by atoms with Gasteiger partial charge in [0, 0.05) is 17.7 Å². The van der Waals surface area contributed by atoms with E-state index in [4.69, 9.17) is 10.8 Å². The van der Waals surface area contributed by atoms with Crippen LogP contribution < -0.4 is 11.1 Å². The summed E-state index contributed by atoms with van der Waals surface area (Å²) in [5.41, 5.74) is 7.96. The van der Waals surface area contributed by atoms with Crippen LogP contribution in [0.5, 0.6) is 0 Å². The van der Waals surface area contributed by atoms with Crippen LogP contribution in [0, 0.1) is 0 Å². The molecule has 0 aliphatic carbocycles. The molecule has 2 aromatic rings. The second kappa shape index (κ2) is 7.38. The maximum absolute atomic E-state index is 12.0. The molecular weight excluding hydrogens is 280 g/mol. The minimum atomic E-state index is -0.515. The molecule has 22 heavy (non-hydrogen) atoms. The lowest BCUT2D eigenvalue weighted by molar-refractivity contribution is 0.0951. The van der Waals surface area contributed by atoms with Gasteiger partial charge in [0.15, 0.2) is 0 Å². The van der Waals surface area contributed by atoms with Crippen LogP contribution in [0.25, 0.3) is 0 Å². The highest BCUT2D eigenvalue weighted by Gasteiger charge is 2.06. The van der Waals surface area contributed by atoms with Gasteiger partial charge in [-0.05, 0) is 41.8 Å². The van der Waals surface area contributed by atoms with E-state index < -0.39 is 5.91 Å². The van der Waals surface area contributed by atoms with Gasteiger partial charge in [-0.15, -0.1) is 0 Å². The summed E-state index contributed by atoms with van der Waals surface area (Å²) >= 11 is 0. The van der Waals surface area contributed by atoms with Crippen LogP contribution in [0.15, 0.2) is 48.5 Å². The molecule has 0 fully saturated rings. The van der Waals surface area contributed by atoms with Gasteiger partial charge in [0.25, 0.3) is 5.91 Å². The van der Waals surface area contributed by atoms with Gasteiger partial charge in [-0.25, -0.2) is 0 Å². The Labute approximate surface area is 128 Å². The summed E-state index contributed by atoms with van der Waals surface area (Å²) < 4.78 is 0. The van der Waals surface area contributed by atoms with Crippen molar-refractivity contribution in [2.75, 3.05) is 6.54 Å². The van der Waals surface area contributed by atoms with Gasteiger partial charge in [0.1, 0.15) is 0 Å². The number of aliphatic hydroxyl groups excluding tert-OH is 1. The Morgan fingerprint density at radius 3 is 2.00 bits per heavy atom. The first kappa shape index (κ1) is 15.7. The summed E-state index contributed by atoms with van der Waals surface area (Å²) in [6.45, 7) is 0.535. The van der Waals surface area contributed by atoms with Crippen molar-refractivity contribution in [3.8, 4) is 0 Å². The molecule has 114 valence electrons. The lowest BCUT2D eigenvalue weighted by atomic mass is 10.1. The Morgan fingerprint density at radius 1 is 0.909 bits per heavy atom. The van der Waals surface area contributed by atoms with E-state index in [-0.39, 0.29) is 12.5 Å². The normalized spacial score (nSPS) is 10.2. The van der Waals surface area contributed by atoms with E-state index in [0.29, 0.717) is 24.1 Å². The number of amides is 2. The summed E-state index contributed by atoms with van der Waals surface area (Å²) in [6, 6.07) is 13.8. The van der Waals surface area contributed by atoms with Crippen molar-refractivity contribution < 1.29 is 14.7 Å². The van der Waals surface area contributed by atoms with Crippen LogP contribution in [0.3, 0.4) is 0 Å². The van der Waals surface area contributed by atoms with E-state index in [2.05, 4.69) is 5.32 Å². The topological polar surface area (TPSA) is 92.4 Å². The van der Waals surface area contributed by atoms with Crippen LogP contribution >= 0.6 is 0 Å². The number of aliphatic hydroxyl groups is 1. The van der Waals surface area contributed by atoms with Crippen LogP contribution in [0.4, 0.5) is 0 Å².